The average molecular weight is 236 g/mol. The fourth-order valence-corrected chi connectivity index (χ4v) is 1.96. The quantitative estimate of drug-likeness (QED) is 0.808. The lowest BCUT2D eigenvalue weighted by atomic mass is 10.3. The highest BCUT2D eigenvalue weighted by atomic mass is 32.2. The van der Waals surface area contributed by atoms with Gasteiger partial charge in [0.25, 0.3) is 0 Å². The summed E-state index contributed by atoms with van der Waals surface area (Å²) < 4.78 is 1.81. The van der Waals surface area contributed by atoms with Crippen LogP contribution in [0.25, 0.3) is 5.65 Å². The van der Waals surface area contributed by atoms with E-state index in [0.29, 0.717) is 0 Å². The first-order valence-electron chi connectivity index (χ1n) is 5.36. The molecule has 1 N–H and O–H groups in total. The summed E-state index contributed by atoms with van der Waals surface area (Å²) in [6.45, 7) is 2.97. The van der Waals surface area contributed by atoms with Crippen LogP contribution in [0.2, 0.25) is 0 Å². The van der Waals surface area contributed by atoms with E-state index in [4.69, 9.17) is 0 Å². The molecule has 0 aliphatic rings. The van der Waals surface area contributed by atoms with Gasteiger partial charge >= 0.3 is 0 Å². The molecule has 0 saturated carbocycles. The van der Waals surface area contributed by atoms with Gasteiger partial charge in [-0.15, -0.1) is 5.10 Å². The van der Waals surface area contributed by atoms with Crippen LogP contribution < -0.4 is 5.32 Å². The first kappa shape index (κ1) is 11.3. The third-order valence-corrected chi connectivity index (χ3v) is 3.06. The van der Waals surface area contributed by atoms with E-state index in [9.17, 15) is 0 Å². The molecule has 0 aliphatic heterocycles. The largest absolute Gasteiger partial charge is 0.353 e. The predicted octanol–water partition coefficient (Wildman–Crippen LogP) is 2.20. The fourth-order valence-electron chi connectivity index (χ4n) is 1.53. The van der Waals surface area contributed by atoms with E-state index in [2.05, 4.69) is 21.7 Å². The Labute approximate surface area is 99.5 Å². The summed E-state index contributed by atoms with van der Waals surface area (Å²) in [5.41, 5.74) is 2.07. The molecule has 0 atom stereocenters. The summed E-state index contributed by atoms with van der Waals surface area (Å²) >= 11 is 1.86. The van der Waals surface area contributed by atoms with Crippen molar-refractivity contribution in [1.29, 1.82) is 0 Å². The van der Waals surface area contributed by atoms with Crippen LogP contribution in [0.4, 0.5) is 5.95 Å². The Hall–Kier alpha value is -1.23. The second-order valence-corrected chi connectivity index (χ2v) is 4.65. The number of aryl methyl sites for hydroxylation is 1. The highest BCUT2D eigenvalue weighted by Crippen LogP contribution is 2.09. The van der Waals surface area contributed by atoms with Gasteiger partial charge in [-0.1, -0.05) is 6.07 Å². The number of rotatable bonds is 5. The number of pyridine rings is 1. The summed E-state index contributed by atoms with van der Waals surface area (Å²) in [5, 5.41) is 7.60. The van der Waals surface area contributed by atoms with Crippen molar-refractivity contribution in [2.24, 2.45) is 0 Å². The number of nitrogens with zero attached hydrogens (tertiary/aromatic N) is 3. The first-order valence-corrected chi connectivity index (χ1v) is 6.75. The van der Waals surface area contributed by atoms with Gasteiger partial charge in [0.1, 0.15) is 0 Å². The van der Waals surface area contributed by atoms with Gasteiger partial charge in [0.2, 0.25) is 5.95 Å². The van der Waals surface area contributed by atoms with Crippen molar-refractivity contribution in [2.45, 2.75) is 13.3 Å². The monoisotopic (exact) mass is 236 g/mol. The average Bonchev–Trinajstić information content (AvgIpc) is 2.69. The summed E-state index contributed by atoms with van der Waals surface area (Å²) in [6, 6.07) is 4.02. The zero-order valence-electron chi connectivity index (χ0n) is 9.60. The molecule has 16 heavy (non-hydrogen) atoms. The van der Waals surface area contributed by atoms with Crippen LogP contribution in [-0.2, 0) is 0 Å². The van der Waals surface area contributed by atoms with Gasteiger partial charge in [0.05, 0.1) is 0 Å². The summed E-state index contributed by atoms with van der Waals surface area (Å²) in [6.07, 6.45) is 5.17. The van der Waals surface area contributed by atoms with E-state index in [1.54, 1.807) is 0 Å². The standard InChI is InChI=1S/C11H16N4S/c1-9-5-3-7-15-10(9)13-11(14-15)12-6-4-8-16-2/h3,5,7H,4,6,8H2,1-2H3,(H,12,14). The number of aromatic nitrogens is 3. The van der Waals surface area contributed by atoms with Crippen LogP contribution in [0, 0.1) is 6.92 Å². The van der Waals surface area contributed by atoms with Crippen LogP contribution in [0.15, 0.2) is 18.3 Å². The second kappa shape index (κ2) is 5.21. The molecule has 2 rings (SSSR count). The molecule has 2 heterocycles. The fraction of sp³-hybridized carbons (Fsp3) is 0.455. The smallest absolute Gasteiger partial charge is 0.243 e. The van der Waals surface area contributed by atoms with Gasteiger partial charge < -0.3 is 5.32 Å². The van der Waals surface area contributed by atoms with Crippen LogP contribution >= 0.6 is 11.8 Å². The molecule has 4 nitrogen and oxygen atoms in total. The molecule has 0 fully saturated rings. The van der Waals surface area contributed by atoms with Crippen molar-refractivity contribution in [3.63, 3.8) is 0 Å². The molecule has 2 aromatic heterocycles. The maximum absolute atomic E-state index is 4.44. The van der Waals surface area contributed by atoms with E-state index >= 15 is 0 Å². The highest BCUT2D eigenvalue weighted by molar-refractivity contribution is 7.98. The van der Waals surface area contributed by atoms with Gasteiger partial charge in [-0.3, -0.25) is 0 Å². The van der Waals surface area contributed by atoms with Crippen LogP contribution in [-0.4, -0.2) is 33.2 Å². The molecule has 0 spiro atoms. The molecular formula is C11H16N4S. The third-order valence-electron chi connectivity index (χ3n) is 2.37. The van der Waals surface area contributed by atoms with Gasteiger partial charge in [-0.05, 0) is 37.0 Å². The number of nitrogens with one attached hydrogen (secondary N) is 1. The van der Waals surface area contributed by atoms with Gasteiger partial charge in [0.15, 0.2) is 5.65 Å². The van der Waals surface area contributed by atoms with Crippen molar-refractivity contribution in [2.75, 3.05) is 23.9 Å². The van der Waals surface area contributed by atoms with E-state index in [-0.39, 0.29) is 0 Å². The van der Waals surface area contributed by atoms with E-state index in [1.807, 2.05) is 41.5 Å². The maximum Gasteiger partial charge on any atom is 0.243 e. The highest BCUT2D eigenvalue weighted by Gasteiger charge is 2.03. The molecular weight excluding hydrogens is 220 g/mol. The summed E-state index contributed by atoms with van der Waals surface area (Å²) in [7, 11) is 0. The maximum atomic E-state index is 4.44. The molecule has 5 heteroatoms. The van der Waals surface area contributed by atoms with Crippen molar-refractivity contribution in [1.82, 2.24) is 14.6 Å². The number of hydrogen-bond donors (Lipinski definition) is 1. The van der Waals surface area contributed by atoms with Gasteiger partial charge in [0, 0.05) is 12.7 Å². The Bertz CT molecular complexity index is 466. The second-order valence-electron chi connectivity index (χ2n) is 3.67. The Morgan fingerprint density at radius 3 is 3.12 bits per heavy atom. The summed E-state index contributed by atoms with van der Waals surface area (Å²) in [5.74, 6) is 1.88. The predicted molar refractivity (Wildman–Crippen MR) is 69.2 cm³/mol. The van der Waals surface area contributed by atoms with E-state index in [1.165, 1.54) is 5.75 Å². The molecule has 0 amide bonds. The van der Waals surface area contributed by atoms with E-state index in [0.717, 1.165) is 30.1 Å². The zero-order chi connectivity index (χ0) is 11.4. The molecule has 86 valence electrons. The lowest BCUT2D eigenvalue weighted by molar-refractivity contribution is 0.927. The van der Waals surface area contributed by atoms with Gasteiger partial charge in [-0.2, -0.15) is 16.7 Å². The molecule has 0 unspecified atom stereocenters. The van der Waals surface area contributed by atoms with Crippen molar-refractivity contribution < 1.29 is 0 Å². The van der Waals surface area contributed by atoms with Crippen molar-refractivity contribution in [3.05, 3.63) is 23.9 Å². The Kier molecular flexibility index (Phi) is 3.66. The number of fused-ring (bicyclic) bond motifs is 1. The SMILES string of the molecule is CSCCCNc1nc2c(C)cccn2n1. The summed E-state index contributed by atoms with van der Waals surface area (Å²) in [4.78, 5) is 4.44. The van der Waals surface area contributed by atoms with Crippen LogP contribution in [0.1, 0.15) is 12.0 Å². The first-order chi connectivity index (χ1) is 7.81. The zero-order valence-corrected chi connectivity index (χ0v) is 10.4. The Morgan fingerprint density at radius 1 is 1.50 bits per heavy atom. The lowest BCUT2D eigenvalue weighted by Crippen LogP contribution is -2.04. The van der Waals surface area contributed by atoms with Crippen molar-refractivity contribution >= 4 is 23.4 Å². The molecule has 0 aromatic carbocycles. The minimum Gasteiger partial charge on any atom is -0.353 e. The van der Waals surface area contributed by atoms with Crippen LogP contribution in [0.3, 0.4) is 0 Å². The molecule has 0 saturated heterocycles. The van der Waals surface area contributed by atoms with Crippen LogP contribution in [0.5, 0.6) is 0 Å². The molecule has 0 aliphatic carbocycles. The number of thioether (sulfide) groups is 1. The minimum atomic E-state index is 0.718. The lowest BCUT2D eigenvalue weighted by Gasteiger charge is -1.98. The normalized spacial score (nSPS) is 10.9. The van der Waals surface area contributed by atoms with Gasteiger partial charge in [-0.25, -0.2) is 4.52 Å². The molecule has 0 radical (unpaired) electrons. The Balaban J connectivity index is 2.05. The third kappa shape index (κ3) is 2.47. The molecule has 0 bridgehead atoms. The van der Waals surface area contributed by atoms with Crippen molar-refractivity contribution in [3.8, 4) is 0 Å². The number of hydrogen-bond acceptors (Lipinski definition) is 4. The number of anilines is 1. The Morgan fingerprint density at radius 2 is 2.38 bits per heavy atom. The minimum absolute atomic E-state index is 0.718. The van der Waals surface area contributed by atoms with E-state index < -0.39 is 0 Å². The molecule has 2 aromatic rings. The topological polar surface area (TPSA) is 42.2 Å².